The zero-order valence-corrected chi connectivity index (χ0v) is 16.8. The van der Waals surface area contributed by atoms with Gasteiger partial charge in [-0.1, -0.05) is 23.7 Å². The molecule has 26 heavy (non-hydrogen) atoms. The number of carboxylic acids is 1. The van der Waals surface area contributed by atoms with Gasteiger partial charge in [0.15, 0.2) is 0 Å². The monoisotopic (exact) mass is 384 g/mol. The summed E-state index contributed by atoms with van der Waals surface area (Å²) >= 11 is 5.68. The fourth-order valence-corrected chi connectivity index (χ4v) is 2.69. The van der Waals surface area contributed by atoms with Crippen molar-refractivity contribution < 1.29 is 19.4 Å². The lowest BCUT2D eigenvalue weighted by Crippen LogP contribution is -2.52. The molecule has 0 bridgehead atoms. The Kier molecular flexibility index (Phi) is 7.47. The predicted molar refractivity (Wildman–Crippen MR) is 102 cm³/mol. The number of aliphatic carboxylic acids is 1. The van der Waals surface area contributed by atoms with Gasteiger partial charge >= 0.3 is 12.1 Å². The van der Waals surface area contributed by atoms with Gasteiger partial charge in [0, 0.05) is 17.6 Å². The molecule has 2 atom stereocenters. The molecule has 146 valence electrons. The van der Waals surface area contributed by atoms with E-state index in [1.807, 2.05) is 31.2 Å². The summed E-state index contributed by atoms with van der Waals surface area (Å²) < 4.78 is 5.19. The molecule has 0 saturated carbocycles. The van der Waals surface area contributed by atoms with Gasteiger partial charge in [-0.3, -0.25) is 4.90 Å². The molecule has 7 heteroatoms. The first kappa shape index (κ1) is 22.3. The van der Waals surface area contributed by atoms with Crippen LogP contribution in [0.2, 0.25) is 5.02 Å². The molecule has 1 aromatic carbocycles. The van der Waals surface area contributed by atoms with Crippen LogP contribution in [0.5, 0.6) is 0 Å². The van der Waals surface area contributed by atoms with Crippen molar-refractivity contribution in [3.8, 4) is 0 Å². The lowest BCUT2D eigenvalue weighted by atomic mass is 10.00. The first-order valence-electron chi connectivity index (χ1n) is 8.62. The van der Waals surface area contributed by atoms with E-state index in [2.05, 4.69) is 0 Å². The second-order valence-electron chi connectivity index (χ2n) is 7.65. The number of benzene rings is 1. The van der Waals surface area contributed by atoms with Crippen LogP contribution in [0.3, 0.4) is 0 Å². The number of amides is 1. The Morgan fingerprint density at radius 2 is 1.85 bits per heavy atom. The third-order valence-electron chi connectivity index (χ3n) is 4.11. The van der Waals surface area contributed by atoms with Crippen molar-refractivity contribution in [1.29, 1.82) is 0 Å². The second kappa shape index (κ2) is 8.73. The van der Waals surface area contributed by atoms with E-state index in [-0.39, 0.29) is 6.04 Å². The maximum absolute atomic E-state index is 11.8. The summed E-state index contributed by atoms with van der Waals surface area (Å²) in [5.41, 5.74) is 5.02. The summed E-state index contributed by atoms with van der Waals surface area (Å²) in [6.07, 6.45) is 0.624. The Bertz CT molecular complexity index is 625. The Morgan fingerprint density at radius 1 is 1.31 bits per heavy atom. The van der Waals surface area contributed by atoms with Crippen molar-refractivity contribution in [2.24, 2.45) is 5.73 Å². The van der Waals surface area contributed by atoms with Crippen molar-refractivity contribution >= 4 is 23.7 Å². The van der Waals surface area contributed by atoms with Crippen molar-refractivity contribution in [3.63, 3.8) is 0 Å². The van der Waals surface area contributed by atoms with Gasteiger partial charge in [0.05, 0.1) is 0 Å². The molecule has 1 saturated heterocycles. The van der Waals surface area contributed by atoms with Gasteiger partial charge in [0.25, 0.3) is 0 Å². The molecule has 1 fully saturated rings. The Balaban J connectivity index is 0.000000289. The van der Waals surface area contributed by atoms with E-state index in [4.69, 9.17) is 27.2 Å². The van der Waals surface area contributed by atoms with Gasteiger partial charge in [-0.25, -0.2) is 9.59 Å². The van der Waals surface area contributed by atoms with E-state index >= 15 is 0 Å². The largest absolute Gasteiger partial charge is 0.480 e. The summed E-state index contributed by atoms with van der Waals surface area (Å²) in [4.78, 5) is 24.3. The van der Waals surface area contributed by atoms with Crippen LogP contribution in [0.1, 0.15) is 59.1 Å². The van der Waals surface area contributed by atoms with Crippen molar-refractivity contribution in [1.82, 2.24) is 4.90 Å². The Hall–Kier alpha value is -1.79. The van der Waals surface area contributed by atoms with Crippen LogP contribution in [-0.4, -0.2) is 39.8 Å². The average Bonchev–Trinajstić information content (AvgIpc) is 2.90. The van der Waals surface area contributed by atoms with Crippen LogP contribution < -0.4 is 5.73 Å². The fourth-order valence-electron chi connectivity index (χ4n) is 2.56. The van der Waals surface area contributed by atoms with Crippen molar-refractivity contribution in [3.05, 3.63) is 34.9 Å². The number of nitrogens with zero attached hydrogens (tertiary/aromatic N) is 1. The SMILES string of the molecule is CC(C)(C)OC(=O)N1CCC[C@]1(C)C(=O)O.C[C@@H](N)c1ccc(Cl)cc1. The van der Waals surface area contributed by atoms with E-state index in [9.17, 15) is 9.59 Å². The molecular weight excluding hydrogens is 356 g/mol. The second-order valence-corrected chi connectivity index (χ2v) is 8.09. The summed E-state index contributed by atoms with van der Waals surface area (Å²) in [7, 11) is 0. The summed E-state index contributed by atoms with van der Waals surface area (Å²) in [6.45, 7) is 9.24. The Morgan fingerprint density at radius 3 is 2.27 bits per heavy atom. The minimum Gasteiger partial charge on any atom is -0.480 e. The van der Waals surface area contributed by atoms with Crippen LogP contribution in [0, 0.1) is 0 Å². The number of carboxylic acid groups (broad SMARTS) is 1. The number of halogens is 1. The van der Waals surface area contributed by atoms with Crippen LogP contribution in [0.25, 0.3) is 0 Å². The minimum atomic E-state index is -1.12. The van der Waals surface area contributed by atoms with Gasteiger partial charge in [-0.05, 0) is 65.2 Å². The molecule has 3 N–H and O–H groups in total. The molecular formula is C19H29ClN2O4. The lowest BCUT2D eigenvalue weighted by Gasteiger charge is -2.32. The highest BCUT2D eigenvalue weighted by Crippen LogP contribution is 2.30. The third kappa shape index (κ3) is 6.18. The van der Waals surface area contributed by atoms with E-state index in [0.717, 1.165) is 10.6 Å². The summed E-state index contributed by atoms with van der Waals surface area (Å²) in [6, 6.07) is 7.66. The number of likely N-dealkylation sites (tertiary alicyclic amines) is 1. The first-order chi connectivity index (χ1) is 11.9. The lowest BCUT2D eigenvalue weighted by molar-refractivity contribution is -0.148. The molecule has 0 aliphatic carbocycles. The van der Waals surface area contributed by atoms with Crippen LogP contribution in [-0.2, 0) is 9.53 Å². The van der Waals surface area contributed by atoms with Gasteiger partial charge in [-0.2, -0.15) is 0 Å². The number of hydrogen-bond donors (Lipinski definition) is 2. The minimum absolute atomic E-state index is 0.0947. The molecule has 1 aliphatic heterocycles. The first-order valence-corrected chi connectivity index (χ1v) is 8.99. The quantitative estimate of drug-likeness (QED) is 0.796. The number of carbonyl (C=O) groups is 2. The maximum Gasteiger partial charge on any atom is 0.411 e. The van der Waals surface area contributed by atoms with Gasteiger partial charge in [-0.15, -0.1) is 0 Å². The van der Waals surface area contributed by atoms with Crippen LogP contribution in [0.15, 0.2) is 24.3 Å². The number of carbonyl (C=O) groups excluding carboxylic acids is 1. The third-order valence-corrected chi connectivity index (χ3v) is 4.36. The van der Waals surface area contributed by atoms with Gasteiger partial charge < -0.3 is 15.6 Å². The molecule has 1 aliphatic rings. The standard InChI is InChI=1S/C11H19NO4.C8H10ClN/c1-10(2,3)16-9(15)12-7-5-6-11(12,4)8(13)14;1-6(10)7-2-4-8(9)5-3-7/h5-7H2,1-4H3,(H,13,14);2-6H,10H2,1H3/t11-;6-/m11/s1. The van der Waals surface area contributed by atoms with E-state index in [0.29, 0.717) is 19.4 Å². The number of ether oxygens (including phenoxy) is 1. The molecule has 0 unspecified atom stereocenters. The number of hydrogen-bond acceptors (Lipinski definition) is 4. The molecule has 0 aromatic heterocycles. The average molecular weight is 385 g/mol. The normalized spacial score (nSPS) is 20.8. The zero-order chi connectivity index (χ0) is 20.1. The molecule has 1 heterocycles. The van der Waals surface area contributed by atoms with Crippen molar-refractivity contribution in [2.45, 2.75) is 64.6 Å². The highest BCUT2D eigenvalue weighted by Gasteiger charge is 2.47. The highest BCUT2D eigenvalue weighted by atomic mass is 35.5. The molecule has 0 spiro atoms. The number of nitrogens with two attached hydrogens (primary N) is 1. The van der Waals surface area contributed by atoms with Crippen LogP contribution >= 0.6 is 11.6 Å². The number of rotatable bonds is 2. The highest BCUT2D eigenvalue weighted by molar-refractivity contribution is 6.30. The van der Waals surface area contributed by atoms with Gasteiger partial charge in [0.1, 0.15) is 11.1 Å². The van der Waals surface area contributed by atoms with Gasteiger partial charge in [0.2, 0.25) is 0 Å². The maximum atomic E-state index is 11.8. The topological polar surface area (TPSA) is 92.9 Å². The molecule has 1 aromatic rings. The molecule has 6 nitrogen and oxygen atoms in total. The predicted octanol–water partition coefficient (Wildman–Crippen LogP) is 4.22. The van der Waals surface area contributed by atoms with E-state index < -0.39 is 23.2 Å². The Labute approximate surface area is 160 Å². The van der Waals surface area contributed by atoms with Crippen molar-refractivity contribution in [2.75, 3.05) is 6.54 Å². The summed E-state index contributed by atoms with van der Waals surface area (Å²) in [5, 5.41) is 9.89. The molecule has 2 rings (SSSR count). The smallest absolute Gasteiger partial charge is 0.411 e. The van der Waals surface area contributed by atoms with Crippen LogP contribution in [0.4, 0.5) is 4.79 Å². The fraction of sp³-hybridized carbons (Fsp3) is 0.579. The van der Waals surface area contributed by atoms with E-state index in [1.54, 1.807) is 27.7 Å². The zero-order valence-electron chi connectivity index (χ0n) is 16.1. The van der Waals surface area contributed by atoms with E-state index in [1.165, 1.54) is 4.90 Å². The molecule has 1 amide bonds. The molecule has 0 radical (unpaired) electrons. The summed E-state index contributed by atoms with van der Waals surface area (Å²) in [5.74, 6) is -0.976.